The van der Waals surface area contributed by atoms with Crippen LogP contribution >= 0.6 is 0 Å². The molecule has 0 saturated carbocycles. The summed E-state index contributed by atoms with van der Waals surface area (Å²) in [6, 6.07) is 14.7. The fourth-order valence-corrected chi connectivity index (χ4v) is 2.40. The van der Waals surface area contributed by atoms with Crippen molar-refractivity contribution >= 4 is 16.6 Å². The fraction of sp³-hybridized carbons (Fsp3) is 0.118. The Labute approximate surface area is 122 Å². The van der Waals surface area contributed by atoms with Crippen LogP contribution in [0.2, 0.25) is 0 Å². The lowest BCUT2D eigenvalue weighted by Crippen LogP contribution is -2.05. The largest absolute Gasteiger partial charge is 0.508 e. The van der Waals surface area contributed by atoms with Crippen LogP contribution in [0.25, 0.3) is 10.9 Å². The lowest BCUT2D eigenvalue weighted by Gasteiger charge is -2.09. The van der Waals surface area contributed by atoms with Gasteiger partial charge >= 0.3 is 0 Å². The van der Waals surface area contributed by atoms with Crippen LogP contribution in [0.1, 0.15) is 11.1 Å². The summed E-state index contributed by atoms with van der Waals surface area (Å²) in [7, 11) is 0. The van der Waals surface area contributed by atoms with Gasteiger partial charge < -0.3 is 15.4 Å². The number of rotatable bonds is 3. The Morgan fingerprint density at radius 3 is 2.76 bits per heavy atom. The van der Waals surface area contributed by atoms with Crippen molar-refractivity contribution in [1.82, 2.24) is 4.98 Å². The van der Waals surface area contributed by atoms with E-state index in [1.54, 1.807) is 18.2 Å². The number of H-pyrrole nitrogens is 1. The summed E-state index contributed by atoms with van der Waals surface area (Å²) >= 11 is 0. The first-order valence-electron chi connectivity index (χ1n) is 6.78. The molecule has 0 fully saturated rings. The maximum absolute atomic E-state index is 11.5. The molecule has 4 nitrogen and oxygen atoms in total. The molecule has 0 spiro atoms. The Morgan fingerprint density at radius 1 is 1.14 bits per heavy atom. The van der Waals surface area contributed by atoms with Gasteiger partial charge in [0, 0.05) is 29.2 Å². The molecule has 21 heavy (non-hydrogen) atoms. The number of aromatic hydroxyl groups is 1. The number of phenolic OH excluding ortho intramolecular Hbond substituents is 1. The molecule has 0 bridgehead atoms. The summed E-state index contributed by atoms with van der Waals surface area (Å²) in [5.41, 5.74) is 3.39. The van der Waals surface area contributed by atoms with E-state index in [9.17, 15) is 9.90 Å². The Hall–Kier alpha value is -2.75. The van der Waals surface area contributed by atoms with Crippen molar-refractivity contribution in [3.05, 3.63) is 70.0 Å². The van der Waals surface area contributed by atoms with Crippen LogP contribution in [0, 0.1) is 6.92 Å². The smallest absolute Gasteiger partial charge is 0.248 e. The van der Waals surface area contributed by atoms with Crippen LogP contribution in [0.3, 0.4) is 0 Å². The second kappa shape index (κ2) is 5.32. The maximum Gasteiger partial charge on any atom is 0.248 e. The number of aryl methyl sites for hydroxylation is 1. The first-order chi connectivity index (χ1) is 10.1. The molecular weight excluding hydrogens is 264 g/mol. The molecule has 2 aromatic carbocycles. The Morgan fingerprint density at radius 2 is 1.95 bits per heavy atom. The molecule has 4 heteroatoms. The molecule has 3 N–H and O–H groups in total. The number of fused-ring (bicyclic) bond motifs is 1. The van der Waals surface area contributed by atoms with E-state index in [-0.39, 0.29) is 11.3 Å². The van der Waals surface area contributed by atoms with Crippen LogP contribution in [0.4, 0.5) is 5.69 Å². The van der Waals surface area contributed by atoms with Crippen LogP contribution in [0.5, 0.6) is 5.75 Å². The molecule has 0 aliphatic carbocycles. The van der Waals surface area contributed by atoms with Gasteiger partial charge in [0.15, 0.2) is 0 Å². The maximum atomic E-state index is 11.5. The van der Waals surface area contributed by atoms with Gasteiger partial charge in [-0.25, -0.2) is 0 Å². The zero-order chi connectivity index (χ0) is 14.8. The Balaban J connectivity index is 1.88. The van der Waals surface area contributed by atoms with Gasteiger partial charge in [0.05, 0.1) is 5.52 Å². The second-order valence-corrected chi connectivity index (χ2v) is 5.06. The summed E-state index contributed by atoms with van der Waals surface area (Å²) in [4.78, 5) is 14.4. The van der Waals surface area contributed by atoms with Gasteiger partial charge in [0.25, 0.3) is 0 Å². The molecule has 3 rings (SSSR count). The normalized spacial score (nSPS) is 10.7. The number of aromatic nitrogens is 1. The number of benzene rings is 2. The Bertz CT molecular complexity index is 853. The van der Waals surface area contributed by atoms with Crippen molar-refractivity contribution < 1.29 is 5.11 Å². The molecule has 0 radical (unpaired) electrons. The van der Waals surface area contributed by atoms with Crippen LogP contribution in [-0.4, -0.2) is 10.1 Å². The molecule has 0 unspecified atom stereocenters. The number of phenols is 1. The zero-order valence-electron chi connectivity index (χ0n) is 11.7. The molecule has 1 heterocycles. The highest BCUT2D eigenvalue weighted by molar-refractivity contribution is 5.84. The number of nitrogens with one attached hydrogen (secondary N) is 2. The van der Waals surface area contributed by atoms with Gasteiger partial charge in [-0.3, -0.25) is 4.79 Å². The standard InChI is InChI=1S/C17H16N2O2/c1-11-8-17(21)19-15-9-13(6-7-14(11)15)18-10-12-4-2-3-5-16(12)20/h2-9,18,20H,10H2,1H3,(H,19,21). The highest BCUT2D eigenvalue weighted by Gasteiger charge is 2.03. The lowest BCUT2D eigenvalue weighted by atomic mass is 10.1. The monoisotopic (exact) mass is 280 g/mol. The summed E-state index contributed by atoms with van der Waals surface area (Å²) < 4.78 is 0. The van der Waals surface area contributed by atoms with Gasteiger partial charge in [-0.2, -0.15) is 0 Å². The second-order valence-electron chi connectivity index (χ2n) is 5.06. The van der Waals surface area contributed by atoms with Gasteiger partial charge in [0.2, 0.25) is 5.56 Å². The minimum atomic E-state index is -0.0992. The predicted octanol–water partition coefficient (Wildman–Crippen LogP) is 3.15. The van der Waals surface area contributed by atoms with Gasteiger partial charge in [-0.1, -0.05) is 24.3 Å². The van der Waals surface area contributed by atoms with E-state index in [1.165, 1.54) is 0 Å². The third-order valence-electron chi connectivity index (χ3n) is 3.52. The Kier molecular flexibility index (Phi) is 3.36. The predicted molar refractivity (Wildman–Crippen MR) is 84.7 cm³/mol. The summed E-state index contributed by atoms with van der Waals surface area (Å²) in [5, 5.41) is 14.0. The van der Waals surface area contributed by atoms with Crippen LogP contribution in [-0.2, 0) is 6.54 Å². The van der Waals surface area contributed by atoms with E-state index in [0.29, 0.717) is 6.54 Å². The molecule has 0 saturated heterocycles. The number of para-hydroxylation sites is 1. The van der Waals surface area contributed by atoms with E-state index in [2.05, 4.69) is 10.3 Å². The molecule has 0 atom stereocenters. The molecule has 1 aromatic heterocycles. The summed E-state index contributed by atoms with van der Waals surface area (Å²) in [6.45, 7) is 2.45. The number of aromatic amines is 1. The molecule has 0 aliphatic rings. The molecule has 3 aromatic rings. The third-order valence-corrected chi connectivity index (χ3v) is 3.52. The van der Waals surface area contributed by atoms with Gasteiger partial charge in [0.1, 0.15) is 5.75 Å². The van der Waals surface area contributed by atoms with E-state index >= 15 is 0 Å². The zero-order valence-corrected chi connectivity index (χ0v) is 11.7. The van der Waals surface area contributed by atoms with Gasteiger partial charge in [-0.05, 0) is 30.7 Å². The topological polar surface area (TPSA) is 65.1 Å². The van der Waals surface area contributed by atoms with Crippen molar-refractivity contribution in [1.29, 1.82) is 0 Å². The number of hydrogen-bond donors (Lipinski definition) is 3. The quantitative estimate of drug-likeness (QED) is 0.690. The minimum absolute atomic E-state index is 0.0992. The van der Waals surface area contributed by atoms with Crippen molar-refractivity contribution in [2.45, 2.75) is 13.5 Å². The summed E-state index contributed by atoms with van der Waals surface area (Å²) in [6.07, 6.45) is 0. The van der Waals surface area contributed by atoms with Crippen molar-refractivity contribution in [2.75, 3.05) is 5.32 Å². The first kappa shape index (κ1) is 13.2. The molecule has 106 valence electrons. The van der Waals surface area contributed by atoms with Crippen molar-refractivity contribution in [2.24, 2.45) is 0 Å². The van der Waals surface area contributed by atoms with E-state index in [4.69, 9.17) is 0 Å². The van der Waals surface area contributed by atoms with E-state index < -0.39 is 0 Å². The highest BCUT2D eigenvalue weighted by Crippen LogP contribution is 2.21. The average molecular weight is 280 g/mol. The third kappa shape index (κ3) is 2.74. The van der Waals surface area contributed by atoms with Crippen LogP contribution < -0.4 is 10.9 Å². The highest BCUT2D eigenvalue weighted by atomic mass is 16.3. The van der Waals surface area contributed by atoms with E-state index in [0.717, 1.165) is 27.7 Å². The molecule has 0 aliphatic heterocycles. The molecular formula is C17H16N2O2. The van der Waals surface area contributed by atoms with Gasteiger partial charge in [-0.15, -0.1) is 0 Å². The lowest BCUT2D eigenvalue weighted by molar-refractivity contribution is 0.469. The number of hydrogen-bond acceptors (Lipinski definition) is 3. The number of anilines is 1. The van der Waals surface area contributed by atoms with Crippen molar-refractivity contribution in [3.8, 4) is 5.75 Å². The fourth-order valence-electron chi connectivity index (χ4n) is 2.40. The average Bonchev–Trinajstić information content (AvgIpc) is 2.46. The van der Waals surface area contributed by atoms with E-state index in [1.807, 2.05) is 37.3 Å². The number of pyridine rings is 1. The first-order valence-corrected chi connectivity index (χ1v) is 6.78. The molecule has 0 amide bonds. The SMILES string of the molecule is Cc1cc(=O)[nH]c2cc(NCc3ccccc3O)ccc12. The minimum Gasteiger partial charge on any atom is -0.508 e. The van der Waals surface area contributed by atoms with Crippen LogP contribution in [0.15, 0.2) is 53.3 Å². The van der Waals surface area contributed by atoms with Crippen molar-refractivity contribution in [3.63, 3.8) is 0 Å². The summed E-state index contributed by atoms with van der Waals surface area (Å²) in [5.74, 6) is 0.273.